The fourth-order valence-corrected chi connectivity index (χ4v) is 2.48. The zero-order chi connectivity index (χ0) is 10.3. The summed E-state index contributed by atoms with van der Waals surface area (Å²) < 4.78 is 2.29. The summed E-state index contributed by atoms with van der Waals surface area (Å²) in [4.78, 5) is 11.3. The van der Waals surface area contributed by atoms with Crippen LogP contribution < -0.4 is 5.32 Å². The second-order valence-corrected chi connectivity index (χ2v) is 3.69. The summed E-state index contributed by atoms with van der Waals surface area (Å²) in [7, 11) is 0. The van der Waals surface area contributed by atoms with Crippen LogP contribution >= 0.6 is 45.2 Å². The van der Waals surface area contributed by atoms with Crippen molar-refractivity contribution in [3.63, 3.8) is 0 Å². The molecular weight excluding hydrogens is 400 g/mol. The van der Waals surface area contributed by atoms with Crippen LogP contribution in [0.15, 0.2) is 9.66 Å². The number of hydrogen-bond donors (Lipinski definition) is 3. The number of aliphatic hydroxyl groups is 2. The number of hydrogen-bond acceptors (Lipinski definition) is 3. The molecule has 13 heavy (non-hydrogen) atoms. The third-order valence-corrected chi connectivity index (χ3v) is 2.92. The van der Waals surface area contributed by atoms with E-state index in [9.17, 15) is 4.79 Å². The van der Waals surface area contributed by atoms with E-state index in [1.807, 2.05) is 22.6 Å². The lowest BCUT2D eigenvalue weighted by Gasteiger charge is -2.13. The predicted molar refractivity (Wildman–Crippen MR) is 67.1 cm³/mol. The summed E-state index contributed by atoms with van der Waals surface area (Å²) in [5.74, 6) is -0.239. The minimum atomic E-state index is -0.568. The molecule has 0 aromatic rings. The lowest BCUT2D eigenvalue weighted by Crippen LogP contribution is -2.40. The standard InChI is InChI=1S/C7H11I2NO3/c8-1-5(2-9)7(13)10-6(3-11)4-12/h1,6,11-12H,2-4H2,(H,10,13)/b5-1-. The van der Waals surface area contributed by atoms with Crippen LogP contribution in [0.5, 0.6) is 0 Å². The number of rotatable bonds is 5. The van der Waals surface area contributed by atoms with E-state index in [-0.39, 0.29) is 19.1 Å². The van der Waals surface area contributed by atoms with Gasteiger partial charge in [-0.1, -0.05) is 45.2 Å². The second kappa shape index (κ2) is 7.94. The van der Waals surface area contributed by atoms with E-state index in [1.54, 1.807) is 4.08 Å². The van der Waals surface area contributed by atoms with Crippen LogP contribution in [0.3, 0.4) is 0 Å². The molecule has 0 saturated carbocycles. The SMILES string of the molecule is O=C(NC(CO)CO)/C(=C\I)CI. The van der Waals surface area contributed by atoms with Crippen LogP contribution in [0.25, 0.3) is 0 Å². The molecule has 0 aromatic carbocycles. The van der Waals surface area contributed by atoms with E-state index in [2.05, 4.69) is 27.9 Å². The molecule has 76 valence electrons. The number of carbonyl (C=O) groups is 1. The fraction of sp³-hybridized carbons (Fsp3) is 0.571. The molecule has 0 saturated heterocycles. The highest BCUT2D eigenvalue weighted by Crippen LogP contribution is 2.04. The van der Waals surface area contributed by atoms with E-state index in [1.165, 1.54) is 0 Å². The number of nitrogens with one attached hydrogen (secondary N) is 1. The molecule has 0 aromatic heterocycles. The highest BCUT2D eigenvalue weighted by atomic mass is 127. The molecule has 0 atom stereocenters. The normalized spacial score (nSPS) is 11.9. The molecule has 0 aliphatic heterocycles. The van der Waals surface area contributed by atoms with Gasteiger partial charge in [-0.25, -0.2) is 0 Å². The van der Waals surface area contributed by atoms with Gasteiger partial charge in [-0.15, -0.1) is 0 Å². The first-order valence-electron chi connectivity index (χ1n) is 3.57. The summed E-state index contributed by atoms with van der Waals surface area (Å²) in [5, 5.41) is 19.9. The van der Waals surface area contributed by atoms with Crippen molar-refractivity contribution in [2.75, 3.05) is 17.6 Å². The fourth-order valence-electron chi connectivity index (χ4n) is 0.567. The molecule has 3 N–H and O–H groups in total. The van der Waals surface area contributed by atoms with Crippen LogP contribution in [-0.2, 0) is 4.79 Å². The molecule has 1 amide bonds. The Morgan fingerprint density at radius 1 is 1.46 bits per heavy atom. The molecule has 0 heterocycles. The molecule has 0 fully saturated rings. The van der Waals surface area contributed by atoms with Crippen molar-refractivity contribution < 1.29 is 15.0 Å². The van der Waals surface area contributed by atoms with Gasteiger partial charge < -0.3 is 15.5 Å². The van der Waals surface area contributed by atoms with E-state index < -0.39 is 6.04 Å². The number of carbonyl (C=O) groups excluding carboxylic acids is 1. The van der Waals surface area contributed by atoms with Crippen LogP contribution in [0.1, 0.15) is 0 Å². The van der Waals surface area contributed by atoms with Crippen molar-refractivity contribution in [2.24, 2.45) is 0 Å². The Morgan fingerprint density at radius 3 is 2.31 bits per heavy atom. The number of halogens is 2. The molecule has 4 nitrogen and oxygen atoms in total. The molecule has 0 aliphatic rings. The number of aliphatic hydroxyl groups excluding tert-OH is 2. The third kappa shape index (κ3) is 5.13. The molecule has 0 spiro atoms. The molecule has 6 heteroatoms. The first-order valence-corrected chi connectivity index (χ1v) is 6.34. The lowest BCUT2D eigenvalue weighted by molar-refractivity contribution is -0.118. The van der Waals surface area contributed by atoms with Crippen LogP contribution in [0.2, 0.25) is 0 Å². The zero-order valence-electron chi connectivity index (χ0n) is 6.83. The molecule has 0 rings (SSSR count). The average Bonchev–Trinajstić information content (AvgIpc) is 2.16. The van der Waals surface area contributed by atoms with Gasteiger partial charge in [0.2, 0.25) is 5.91 Å². The Morgan fingerprint density at radius 2 is 2.00 bits per heavy atom. The highest BCUT2D eigenvalue weighted by molar-refractivity contribution is 14.1. The van der Waals surface area contributed by atoms with Crippen molar-refractivity contribution in [1.82, 2.24) is 5.32 Å². The Labute approximate surface area is 104 Å². The van der Waals surface area contributed by atoms with E-state index in [4.69, 9.17) is 10.2 Å². The second-order valence-electron chi connectivity index (χ2n) is 2.30. The summed E-state index contributed by atoms with van der Waals surface area (Å²) in [5.41, 5.74) is 0.633. The predicted octanol–water partition coefficient (Wildman–Crippen LogP) is 0.210. The van der Waals surface area contributed by atoms with Gasteiger partial charge in [0.05, 0.1) is 19.3 Å². The van der Waals surface area contributed by atoms with Crippen molar-refractivity contribution in [1.29, 1.82) is 0 Å². The molecule has 0 unspecified atom stereocenters. The Balaban J connectivity index is 4.12. The monoisotopic (exact) mass is 411 g/mol. The minimum absolute atomic E-state index is 0.239. The highest BCUT2D eigenvalue weighted by Gasteiger charge is 2.12. The van der Waals surface area contributed by atoms with Gasteiger partial charge in [-0.3, -0.25) is 4.79 Å². The zero-order valence-corrected chi connectivity index (χ0v) is 11.1. The van der Waals surface area contributed by atoms with E-state index >= 15 is 0 Å². The van der Waals surface area contributed by atoms with Crippen molar-refractivity contribution in [3.05, 3.63) is 9.66 Å². The molecule has 0 bridgehead atoms. The first kappa shape index (κ1) is 13.6. The molecular formula is C7H11I2NO3. The average molecular weight is 411 g/mol. The molecule has 0 radical (unpaired) electrons. The van der Waals surface area contributed by atoms with Gasteiger partial charge in [-0.2, -0.15) is 0 Å². The van der Waals surface area contributed by atoms with Crippen molar-refractivity contribution in [2.45, 2.75) is 6.04 Å². The summed E-state index contributed by atoms with van der Waals surface area (Å²) in [6, 6.07) is -0.568. The summed E-state index contributed by atoms with van der Waals surface area (Å²) in [6.45, 7) is -0.504. The smallest absolute Gasteiger partial charge is 0.248 e. The van der Waals surface area contributed by atoms with Crippen LogP contribution in [0.4, 0.5) is 0 Å². The van der Waals surface area contributed by atoms with E-state index in [0.29, 0.717) is 10.0 Å². The maximum atomic E-state index is 11.3. The Kier molecular flexibility index (Phi) is 8.31. The Bertz CT molecular complexity index is 192. The van der Waals surface area contributed by atoms with Gasteiger partial charge in [0.15, 0.2) is 0 Å². The topological polar surface area (TPSA) is 69.6 Å². The van der Waals surface area contributed by atoms with Crippen molar-refractivity contribution >= 4 is 51.1 Å². The van der Waals surface area contributed by atoms with Gasteiger partial charge in [-0.05, 0) is 4.08 Å². The lowest BCUT2D eigenvalue weighted by atomic mass is 10.3. The van der Waals surface area contributed by atoms with Gasteiger partial charge >= 0.3 is 0 Å². The molecule has 0 aliphatic carbocycles. The summed E-state index contributed by atoms with van der Waals surface area (Å²) >= 11 is 4.06. The van der Waals surface area contributed by atoms with Crippen molar-refractivity contribution in [3.8, 4) is 0 Å². The third-order valence-electron chi connectivity index (χ3n) is 1.34. The van der Waals surface area contributed by atoms with Gasteiger partial charge in [0.1, 0.15) is 0 Å². The Hall–Kier alpha value is 0.590. The number of amides is 1. The minimum Gasteiger partial charge on any atom is -0.394 e. The largest absolute Gasteiger partial charge is 0.394 e. The van der Waals surface area contributed by atoms with Crippen LogP contribution in [-0.4, -0.2) is 39.8 Å². The maximum Gasteiger partial charge on any atom is 0.248 e. The maximum absolute atomic E-state index is 11.3. The van der Waals surface area contributed by atoms with Gasteiger partial charge in [0, 0.05) is 10.0 Å². The first-order chi connectivity index (χ1) is 6.19. The summed E-state index contributed by atoms with van der Waals surface area (Å²) in [6.07, 6.45) is 0. The van der Waals surface area contributed by atoms with Crippen LogP contribution in [0, 0.1) is 0 Å². The van der Waals surface area contributed by atoms with E-state index in [0.717, 1.165) is 0 Å². The quantitative estimate of drug-likeness (QED) is 0.345. The number of alkyl halides is 1. The van der Waals surface area contributed by atoms with Gasteiger partial charge in [0.25, 0.3) is 0 Å².